The van der Waals surface area contributed by atoms with E-state index in [0.717, 1.165) is 91.5 Å². The van der Waals surface area contributed by atoms with Crippen molar-refractivity contribution >= 4 is 35.0 Å². The highest BCUT2D eigenvalue weighted by atomic mass is 16.5. The Labute approximate surface area is 460 Å². The van der Waals surface area contributed by atoms with Gasteiger partial charge in [-0.15, -0.1) is 0 Å². The van der Waals surface area contributed by atoms with Crippen molar-refractivity contribution in [1.82, 2.24) is 9.80 Å². The zero-order chi connectivity index (χ0) is 55.5. The maximum absolute atomic E-state index is 13.3. The molecule has 8 bridgehead atoms. The van der Waals surface area contributed by atoms with Crippen molar-refractivity contribution in [1.29, 1.82) is 0 Å². The first-order valence-corrected chi connectivity index (χ1v) is 27.9. The van der Waals surface area contributed by atoms with Gasteiger partial charge in [0.05, 0.1) is 48.7 Å². The maximum Gasteiger partial charge on any atom is 0.261 e. The summed E-state index contributed by atoms with van der Waals surface area (Å²) in [5, 5.41) is 0. The third kappa shape index (κ3) is 11.8. The Morgan fingerprint density at radius 3 is 0.910 bits per heavy atom. The van der Waals surface area contributed by atoms with Gasteiger partial charge in [-0.1, -0.05) is 104 Å². The summed E-state index contributed by atoms with van der Waals surface area (Å²) in [6.45, 7) is 19.8. The normalized spacial score (nSPS) is 14.2. The number of unbranched alkanes of at least 4 members (excludes halogenated alkanes) is 2. The molecular formula is C66H76N4O8. The second kappa shape index (κ2) is 23.2. The maximum atomic E-state index is 13.3. The highest BCUT2D eigenvalue weighted by Gasteiger charge is 2.36. The summed E-state index contributed by atoms with van der Waals surface area (Å²) in [6.07, 6.45) is 5.71. The van der Waals surface area contributed by atoms with E-state index in [9.17, 15) is 19.2 Å². The van der Waals surface area contributed by atoms with E-state index in [4.69, 9.17) is 30.4 Å². The number of imide groups is 2. The predicted molar refractivity (Wildman–Crippen MR) is 308 cm³/mol. The van der Waals surface area contributed by atoms with Crippen LogP contribution in [0.2, 0.25) is 0 Å². The number of nitrogens with zero attached hydrogens (tertiary/aromatic N) is 2. The fourth-order valence-corrected chi connectivity index (χ4v) is 10.9. The molecule has 2 heterocycles. The zero-order valence-corrected chi connectivity index (χ0v) is 46.9. The number of rotatable bonds is 18. The van der Waals surface area contributed by atoms with Gasteiger partial charge in [0.1, 0.15) is 23.0 Å². The topological polar surface area (TPSA) is 164 Å². The summed E-state index contributed by atoms with van der Waals surface area (Å²) < 4.78 is 27.8. The SMILES string of the molecule is CCCOc1c2cc(N)cc1Cc1cc(C(C)(C)C)cc(c1OCCCCN1C(=O)c3ccccc3C1=O)Cc1cc(N)cc(c1OCCC)Cc1cc(C(C)(C)C)cc(c1OCCCCN1C(=O)c3ccccc3C1=O)C2. The second-order valence-corrected chi connectivity index (χ2v) is 23.2. The van der Waals surface area contributed by atoms with Gasteiger partial charge in [-0.25, -0.2) is 0 Å². The van der Waals surface area contributed by atoms with Crippen molar-refractivity contribution in [3.8, 4) is 23.0 Å². The fourth-order valence-electron chi connectivity index (χ4n) is 10.9. The Morgan fingerprint density at radius 2 is 0.654 bits per heavy atom. The first-order valence-electron chi connectivity index (χ1n) is 27.9. The molecular weight excluding hydrogens is 977 g/mol. The molecule has 0 radical (unpaired) electrons. The van der Waals surface area contributed by atoms with E-state index in [-0.39, 0.29) is 47.5 Å². The molecule has 0 aromatic heterocycles. The van der Waals surface area contributed by atoms with Crippen LogP contribution in [0.15, 0.2) is 97.1 Å². The molecule has 9 rings (SSSR count). The Balaban J connectivity index is 1.13. The number of benzene rings is 6. The summed E-state index contributed by atoms with van der Waals surface area (Å²) >= 11 is 0. The van der Waals surface area contributed by atoms with E-state index in [2.05, 4.69) is 79.7 Å². The molecule has 0 atom stereocenters. The Bertz CT molecular complexity index is 2890. The van der Waals surface area contributed by atoms with E-state index in [0.29, 0.717) is 111 Å². The Kier molecular flexibility index (Phi) is 16.4. The van der Waals surface area contributed by atoms with Crippen molar-refractivity contribution in [2.24, 2.45) is 0 Å². The van der Waals surface area contributed by atoms with Crippen molar-refractivity contribution < 1.29 is 38.1 Å². The van der Waals surface area contributed by atoms with E-state index >= 15 is 0 Å². The number of amides is 4. The molecule has 0 spiro atoms. The van der Waals surface area contributed by atoms with Crippen molar-refractivity contribution in [3.05, 3.63) is 175 Å². The third-order valence-electron chi connectivity index (χ3n) is 15.0. The smallest absolute Gasteiger partial charge is 0.261 e. The number of carbonyl (C=O) groups excluding carboxylic acids is 4. The lowest BCUT2D eigenvalue weighted by Crippen LogP contribution is -2.30. The van der Waals surface area contributed by atoms with Crippen LogP contribution in [0.5, 0.6) is 23.0 Å². The van der Waals surface area contributed by atoms with Crippen molar-refractivity contribution in [2.75, 3.05) is 51.0 Å². The summed E-state index contributed by atoms with van der Waals surface area (Å²) in [6, 6.07) is 31.1. The molecule has 0 saturated heterocycles. The van der Waals surface area contributed by atoms with Crippen LogP contribution in [0.1, 0.15) is 191 Å². The summed E-state index contributed by atoms with van der Waals surface area (Å²) in [4.78, 5) is 55.8. The summed E-state index contributed by atoms with van der Waals surface area (Å²) in [7, 11) is 0. The first-order chi connectivity index (χ1) is 37.3. The molecule has 3 aliphatic rings. The first kappa shape index (κ1) is 55.2. The molecule has 12 heteroatoms. The lowest BCUT2D eigenvalue weighted by Gasteiger charge is -2.27. The van der Waals surface area contributed by atoms with E-state index in [1.165, 1.54) is 9.80 Å². The molecule has 1 aliphatic carbocycles. The largest absolute Gasteiger partial charge is 0.493 e. The molecule has 408 valence electrons. The van der Waals surface area contributed by atoms with Crippen LogP contribution in [0, 0.1) is 0 Å². The van der Waals surface area contributed by atoms with Gasteiger partial charge in [-0.3, -0.25) is 29.0 Å². The Hall–Kier alpha value is -7.60. The fraction of sp³-hybridized carbons (Fsp3) is 0.394. The van der Waals surface area contributed by atoms with E-state index < -0.39 is 0 Å². The highest BCUT2D eigenvalue weighted by molar-refractivity contribution is 6.22. The van der Waals surface area contributed by atoms with Crippen LogP contribution in [-0.2, 0) is 36.5 Å². The molecule has 4 N–H and O–H groups in total. The third-order valence-corrected chi connectivity index (χ3v) is 15.0. The van der Waals surface area contributed by atoms with Gasteiger partial charge in [0.25, 0.3) is 23.6 Å². The average Bonchev–Trinajstić information content (AvgIpc) is 3.89. The minimum atomic E-state index is -0.260. The standard InChI is InChI=1S/C66H76N4O8/c1-9-25-75-59-45-29-41-33-49(65(3,4)5)35-43(57(41)77-27-17-15-23-69-61(71)53-19-11-12-20-54(53)62(69)72)31-47-39-52(68)40-48(60(47)76-26-10-2)32-44-36-50(66(6,7)8)34-42(30-46(59)38-51(67)37-45)58(44)78-28-18-16-24-70-63(73)55-21-13-14-22-56(55)64(70)74/h11-14,19-22,33-40H,9-10,15-18,23-32,67-68H2,1-8H3. The monoisotopic (exact) mass is 1050 g/mol. The molecule has 6 aromatic rings. The van der Waals surface area contributed by atoms with Gasteiger partial charge in [0.2, 0.25) is 0 Å². The van der Waals surface area contributed by atoms with Crippen molar-refractivity contribution in [3.63, 3.8) is 0 Å². The van der Waals surface area contributed by atoms with Gasteiger partial charge in [0.15, 0.2) is 0 Å². The average molecular weight is 1050 g/mol. The van der Waals surface area contributed by atoms with Gasteiger partial charge in [-0.2, -0.15) is 0 Å². The molecule has 0 unspecified atom stereocenters. The number of ether oxygens (including phenoxy) is 4. The molecule has 6 aromatic carbocycles. The quantitative estimate of drug-likeness (QED) is 0.0480. The lowest BCUT2D eigenvalue weighted by molar-refractivity contribution is 0.0634. The van der Waals surface area contributed by atoms with Gasteiger partial charge >= 0.3 is 0 Å². The van der Waals surface area contributed by atoms with Crippen LogP contribution in [-0.4, -0.2) is 72.9 Å². The van der Waals surface area contributed by atoms with Crippen molar-refractivity contribution in [2.45, 2.75) is 130 Å². The molecule has 0 saturated carbocycles. The summed E-state index contributed by atoms with van der Waals surface area (Å²) in [5.41, 5.74) is 26.4. The number of carbonyl (C=O) groups is 4. The minimum absolute atomic E-state index is 0.237. The number of nitrogen functional groups attached to an aromatic ring is 2. The Morgan fingerprint density at radius 1 is 0.397 bits per heavy atom. The zero-order valence-electron chi connectivity index (χ0n) is 46.9. The molecule has 78 heavy (non-hydrogen) atoms. The van der Waals surface area contributed by atoms with Gasteiger partial charge < -0.3 is 30.4 Å². The molecule has 0 fully saturated rings. The number of hydrogen-bond donors (Lipinski definition) is 2. The number of hydrogen-bond acceptors (Lipinski definition) is 10. The van der Waals surface area contributed by atoms with E-state index in [1.54, 1.807) is 48.5 Å². The summed E-state index contributed by atoms with van der Waals surface area (Å²) in [5.74, 6) is 2.02. The molecule has 12 nitrogen and oxygen atoms in total. The number of nitrogens with two attached hydrogens (primary N) is 2. The lowest BCUT2D eigenvalue weighted by atomic mass is 9.81. The number of anilines is 2. The van der Waals surface area contributed by atoms with Crippen LogP contribution < -0.4 is 30.4 Å². The number of fused-ring (bicyclic) bond motifs is 10. The molecule has 4 amide bonds. The van der Waals surface area contributed by atoms with Gasteiger partial charge in [-0.05, 0) is 131 Å². The van der Waals surface area contributed by atoms with Crippen LogP contribution >= 0.6 is 0 Å². The minimum Gasteiger partial charge on any atom is -0.493 e. The van der Waals surface area contributed by atoms with Crippen LogP contribution in [0.3, 0.4) is 0 Å². The van der Waals surface area contributed by atoms with Crippen LogP contribution in [0.4, 0.5) is 11.4 Å². The predicted octanol–water partition coefficient (Wildman–Crippen LogP) is 12.6. The highest BCUT2D eigenvalue weighted by Crippen LogP contribution is 2.43. The second-order valence-electron chi connectivity index (χ2n) is 23.2. The van der Waals surface area contributed by atoms with Crippen LogP contribution in [0.25, 0.3) is 0 Å². The van der Waals surface area contributed by atoms with Gasteiger partial charge in [0, 0.05) is 72.4 Å². The molecule has 2 aliphatic heterocycles. The van der Waals surface area contributed by atoms with E-state index in [1.807, 2.05) is 24.3 Å².